The summed E-state index contributed by atoms with van der Waals surface area (Å²) in [6.45, 7) is 3.07. The Kier molecular flexibility index (Phi) is 3.32. The van der Waals surface area contributed by atoms with Crippen molar-refractivity contribution in [2.75, 3.05) is 26.3 Å². The van der Waals surface area contributed by atoms with Crippen molar-refractivity contribution in [3.05, 3.63) is 0 Å². The van der Waals surface area contributed by atoms with Crippen LogP contribution in [0.15, 0.2) is 0 Å². The van der Waals surface area contributed by atoms with E-state index >= 15 is 0 Å². The first-order valence-electron chi connectivity index (χ1n) is 7.34. The minimum atomic E-state index is -0.00168. The molecule has 102 valence electrons. The average Bonchev–Trinajstić information content (AvgIpc) is 2.70. The SMILES string of the molecule is NCC12CCCC(CN1C(=O)C1CCOCC1)C2. The number of hydrogen-bond acceptors (Lipinski definition) is 3. The lowest BCUT2D eigenvalue weighted by molar-refractivity contribution is -0.142. The predicted molar refractivity (Wildman–Crippen MR) is 69.0 cm³/mol. The molecule has 3 fully saturated rings. The van der Waals surface area contributed by atoms with E-state index in [9.17, 15) is 4.79 Å². The molecule has 0 aromatic carbocycles. The van der Waals surface area contributed by atoms with Gasteiger partial charge in [0.25, 0.3) is 0 Å². The van der Waals surface area contributed by atoms with Crippen LogP contribution in [0.1, 0.15) is 38.5 Å². The zero-order valence-corrected chi connectivity index (χ0v) is 11.1. The molecule has 2 unspecified atom stereocenters. The molecule has 0 radical (unpaired) electrons. The maximum Gasteiger partial charge on any atom is 0.226 e. The van der Waals surface area contributed by atoms with Gasteiger partial charge in [0.15, 0.2) is 0 Å². The summed E-state index contributed by atoms with van der Waals surface area (Å²) in [5.41, 5.74) is 6.01. The van der Waals surface area contributed by atoms with Crippen LogP contribution < -0.4 is 5.73 Å². The monoisotopic (exact) mass is 252 g/mol. The van der Waals surface area contributed by atoms with Gasteiger partial charge in [-0.25, -0.2) is 0 Å². The summed E-state index contributed by atoms with van der Waals surface area (Å²) in [6, 6.07) is 0. The van der Waals surface area contributed by atoms with Gasteiger partial charge in [-0.15, -0.1) is 0 Å². The van der Waals surface area contributed by atoms with Gasteiger partial charge >= 0.3 is 0 Å². The van der Waals surface area contributed by atoms with Crippen LogP contribution in [-0.2, 0) is 9.53 Å². The second kappa shape index (κ2) is 4.82. The fourth-order valence-corrected chi connectivity index (χ4v) is 4.10. The summed E-state index contributed by atoms with van der Waals surface area (Å²) in [4.78, 5) is 14.9. The van der Waals surface area contributed by atoms with Gasteiger partial charge in [-0.1, -0.05) is 6.42 Å². The second-order valence-corrected chi connectivity index (χ2v) is 6.23. The lowest BCUT2D eigenvalue weighted by atomic mass is 9.79. The van der Waals surface area contributed by atoms with E-state index in [0.717, 1.165) is 45.4 Å². The van der Waals surface area contributed by atoms with E-state index < -0.39 is 0 Å². The maximum absolute atomic E-state index is 12.7. The van der Waals surface area contributed by atoms with Gasteiger partial charge in [-0.3, -0.25) is 4.79 Å². The first-order valence-corrected chi connectivity index (χ1v) is 7.34. The highest BCUT2D eigenvalue weighted by Gasteiger charge is 2.50. The van der Waals surface area contributed by atoms with Crippen LogP contribution in [0.2, 0.25) is 0 Å². The number of hydrogen-bond donors (Lipinski definition) is 1. The number of carbonyl (C=O) groups excluding carboxylic acids is 1. The third kappa shape index (κ3) is 1.95. The first kappa shape index (κ1) is 12.4. The average molecular weight is 252 g/mol. The number of rotatable bonds is 2. The fraction of sp³-hybridized carbons (Fsp3) is 0.929. The molecule has 0 aromatic heterocycles. The van der Waals surface area contributed by atoms with Crippen molar-refractivity contribution in [1.29, 1.82) is 0 Å². The van der Waals surface area contributed by atoms with E-state index in [1.165, 1.54) is 12.8 Å². The Labute approximate surface area is 109 Å². The van der Waals surface area contributed by atoms with E-state index in [0.29, 0.717) is 18.4 Å². The quantitative estimate of drug-likeness (QED) is 0.802. The molecule has 0 spiro atoms. The largest absolute Gasteiger partial charge is 0.381 e. The summed E-state index contributed by atoms with van der Waals surface area (Å²) in [6.07, 6.45) is 6.54. The number of ether oxygens (including phenoxy) is 1. The van der Waals surface area contributed by atoms with E-state index in [2.05, 4.69) is 4.90 Å². The van der Waals surface area contributed by atoms with Crippen molar-refractivity contribution < 1.29 is 9.53 Å². The van der Waals surface area contributed by atoms with Crippen molar-refractivity contribution in [2.24, 2.45) is 17.6 Å². The molecule has 2 aliphatic heterocycles. The highest BCUT2D eigenvalue weighted by molar-refractivity contribution is 5.80. The highest BCUT2D eigenvalue weighted by Crippen LogP contribution is 2.44. The summed E-state index contributed by atoms with van der Waals surface area (Å²) in [5.74, 6) is 1.24. The van der Waals surface area contributed by atoms with Gasteiger partial charge in [0.1, 0.15) is 0 Å². The van der Waals surface area contributed by atoms with Gasteiger partial charge in [0, 0.05) is 32.2 Å². The molecule has 2 N–H and O–H groups in total. The molecule has 2 atom stereocenters. The number of amides is 1. The molecular formula is C14H24N2O2. The molecule has 0 aromatic rings. The molecule has 3 rings (SSSR count). The van der Waals surface area contributed by atoms with Gasteiger partial charge < -0.3 is 15.4 Å². The number of nitrogens with two attached hydrogens (primary N) is 1. The molecule has 4 nitrogen and oxygen atoms in total. The summed E-state index contributed by atoms with van der Waals surface area (Å²) in [7, 11) is 0. The molecule has 1 amide bonds. The highest BCUT2D eigenvalue weighted by atomic mass is 16.5. The Morgan fingerprint density at radius 3 is 2.83 bits per heavy atom. The van der Waals surface area contributed by atoms with Crippen LogP contribution in [0, 0.1) is 11.8 Å². The molecule has 1 saturated carbocycles. The summed E-state index contributed by atoms with van der Waals surface area (Å²) in [5, 5.41) is 0. The third-order valence-electron chi connectivity index (χ3n) is 5.15. The Hall–Kier alpha value is -0.610. The fourth-order valence-electron chi connectivity index (χ4n) is 4.10. The van der Waals surface area contributed by atoms with Gasteiger partial charge in [-0.2, -0.15) is 0 Å². The molecule has 18 heavy (non-hydrogen) atoms. The van der Waals surface area contributed by atoms with E-state index in [-0.39, 0.29) is 11.5 Å². The lowest BCUT2D eigenvalue weighted by Gasteiger charge is -2.40. The van der Waals surface area contributed by atoms with Gasteiger partial charge in [-0.05, 0) is 38.0 Å². The second-order valence-electron chi connectivity index (χ2n) is 6.23. The number of likely N-dealkylation sites (tertiary alicyclic amines) is 1. The molecule has 1 aliphatic carbocycles. The van der Waals surface area contributed by atoms with Crippen molar-refractivity contribution in [3.8, 4) is 0 Å². The minimum absolute atomic E-state index is 0.00168. The van der Waals surface area contributed by atoms with Crippen molar-refractivity contribution >= 4 is 5.91 Å². The number of carbonyl (C=O) groups is 1. The molecule has 3 aliphatic rings. The van der Waals surface area contributed by atoms with E-state index in [4.69, 9.17) is 10.5 Å². The standard InChI is InChI=1S/C14H24N2O2/c15-10-14-5-1-2-11(8-14)9-16(14)13(17)12-3-6-18-7-4-12/h11-12H,1-10,15H2. The molecule has 2 heterocycles. The van der Waals surface area contributed by atoms with Crippen molar-refractivity contribution in [3.63, 3.8) is 0 Å². The Balaban J connectivity index is 1.76. The summed E-state index contributed by atoms with van der Waals surface area (Å²) < 4.78 is 5.36. The van der Waals surface area contributed by atoms with Crippen molar-refractivity contribution in [2.45, 2.75) is 44.1 Å². The Morgan fingerprint density at radius 2 is 2.11 bits per heavy atom. The predicted octanol–water partition coefficient (Wildman–Crippen LogP) is 1.14. The van der Waals surface area contributed by atoms with Crippen molar-refractivity contribution in [1.82, 2.24) is 4.90 Å². The van der Waals surface area contributed by atoms with Gasteiger partial charge in [0.05, 0.1) is 5.54 Å². The zero-order chi connectivity index (χ0) is 12.6. The number of fused-ring (bicyclic) bond motifs is 2. The Bertz CT molecular complexity index is 328. The molecule has 2 saturated heterocycles. The van der Waals surface area contributed by atoms with Crippen LogP contribution in [0.25, 0.3) is 0 Å². The van der Waals surface area contributed by atoms with Crippen LogP contribution >= 0.6 is 0 Å². The molecule has 2 bridgehead atoms. The van der Waals surface area contributed by atoms with Gasteiger partial charge in [0.2, 0.25) is 5.91 Å². The lowest BCUT2D eigenvalue weighted by Crippen LogP contribution is -2.54. The van der Waals surface area contributed by atoms with Crippen LogP contribution in [0.5, 0.6) is 0 Å². The summed E-state index contributed by atoms with van der Waals surface area (Å²) >= 11 is 0. The topological polar surface area (TPSA) is 55.6 Å². The van der Waals surface area contributed by atoms with E-state index in [1.54, 1.807) is 0 Å². The first-order chi connectivity index (χ1) is 8.75. The normalized spacial score (nSPS) is 36.9. The zero-order valence-electron chi connectivity index (χ0n) is 11.1. The third-order valence-corrected chi connectivity index (χ3v) is 5.15. The minimum Gasteiger partial charge on any atom is -0.381 e. The maximum atomic E-state index is 12.7. The van der Waals surface area contributed by atoms with Crippen LogP contribution in [0.4, 0.5) is 0 Å². The smallest absolute Gasteiger partial charge is 0.226 e. The molecular weight excluding hydrogens is 228 g/mol. The van der Waals surface area contributed by atoms with Crippen LogP contribution in [0.3, 0.4) is 0 Å². The molecule has 4 heteroatoms. The number of nitrogens with zero attached hydrogens (tertiary/aromatic N) is 1. The Morgan fingerprint density at radius 1 is 1.33 bits per heavy atom. The van der Waals surface area contributed by atoms with E-state index in [1.807, 2.05) is 0 Å². The van der Waals surface area contributed by atoms with Crippen LogP contribution in [-0.4, -0.2) is 42.6 Å².